The molecule has 1 aromatic heterocycles. The summed E-state index contributed by atoms with van der Waals surface area (Å²) in [7, 11) is 1.57. The van der Waals surface area contributed by atoms with Crippen LogP contribution in [0.3, 0.4) is 0 Å². The molecule has 0 aliphatic heterocycles. The summed E-state index contributed by atoms with van der Waals surface area (Å²) in [6, 6.07) is 1.69. The van der Waals surface area contributed by atoms with Gasteiger partial charge >= 0.3 is 0 Å². The van der Waals surface area contributed by atoms with Gasteiger partial charge in [0.1, 0.15) is 17.5 Å². The molecule has 0 amide bonds. The van der Waals surface area contributed by atoms with Crippen molar-refractivity contribution in [3.8, 4) is 0 Å². The van der Waals surface area contributed by atoms with Crippen LogP contribution in [0.2, 0.25) is 0 Å². The molecule has 1 atom stereocenters. The molecule has 6 heteroatoms. The van der Waals surface area contributed by atoms with E-state index in [0.717, 1.165) is 5.82 Å². The van der Waals surface area contributed by atoms with Gasteiger partial charge in [-0.15, -0.1) is 0 Å². The molecule has 1 heterocycles. The van der Waals surface area contributed by atoms with E-state index in [1.165, 1.54) is 0 Å². The Morgan fingerprint density at radius 3 is 2.78 bits per heavy atom. The number of nitrogens with one attached hydrogen (secondary N) is 1. The first kappa shape index (κ1) is 14.7. The monoisotopic (exact) mass is 254 g/mol. The third kappa shape index (κ3) is 4.85. The standard InChI is InChI=1S/C12H22N4O2/c1-8(2)12-15-10(13)6-11(16-12)14-5-4-9(17)7-18-3/h6,8-9,17H,4-5,7H2,1-3H3,(H3,13,14,15,16). The van der Waals surface area contributed by atoms with Crippen LogP contribution in [0.4, 0.5) is 11.6 Å². The zero-order valence-corrected chi connectivity index (χ0v) is 11.2. The Morgan fingerprint density at radius 1 is 1.44 bits per heavy atom. The Morgan fingerprint density at radius 2 is 2.17 bits per heavy atom. The molecule has 0 spiro atoms. The van der Waals surface area contributed by atoms with E-state index in [0.29, 0.717) is 31.2 Å². The molecule has 4 N–H and O–H groups in total. The molecule has 0 aromatic carbocycles. The molecule has 1 rings (SSSR count). The minimum atomic E-state index is -0.466. The minimum Gasteiger partial charge on any atom is -0.391 e. The quantitative estimate of drug-likeness (QED) is 0.672. The van der Waals surface area contributed by atoms with E-state index >= 15 is 0 Å². The maximum Gasteiger partial charge on any atom is 0.135 e. The van der Waals surface area contributed by atoms with Gasteiger partial charge in [0.25, 0.3) is 0 Å². The number of hydrogen-bond donors (Lipinski definition) is 3. The van der Waals surface area contributed by atoms with Crippen LogP contribution in [0.1, 0.15) is 32.0 Å². The Bertz CT molecular complexity index is 371. The second-order valence-electron chi connectivity index (χ2n) is 4.52. The zero-order chi connectivity index (χ0) is 13.5. The number of anilines is 2. The molecule has 0 bridgehead atoms. The van der Waals surface area contributed by atoms with Crippen LogP contribution < -0.4 is 11.1 Å². The van der Waals surface area contributed by atoms with Gasteiger partial charge in [0.05, 0.1) is 12.7 Å². The summed E-state index contributed by atoms with van der Waals surface area (Å²) in [5, 5.41) is 12.6. The van der Waals surface area contributed by atoms with Crippen molar-refractivity contribution in [3.05, 3.63) is 11.9 Å². The third-order valence-corrected chi connectivity index (χ3v) is 2.42. The van der Waals surface area contributed by atoms with Crippen molar-refractivity contribution in [2.75, 3.05) is 31.3 Å². The molecular formula is C12H22N4O2. The zero-order valence-electron chi connectivity index (χ0n) is 11.2. The van der Waals surface area contributed by atoms with Crippen molar-refractivity contribution in [2.45, 2.75) is 32.3 Å². The predicted molar refractivity (Wildman–Crippen MR) is 71.5 cm³/mol. The van der Waals surface area contributed by atoms with Gasteiger partial charge < -0.3 is 20.9 Å². The van der Waals surface area contributed by atoms with Crippen molar-refractivity contribution in [1.29, 1.82) is 0 Å². The Balaban J connectivity index is 2.51. The smallest absolute Gasteiger partial charge is 0.135 e. The molecule has 1 aromatic rings. The number of aromatic nitrogens is 2. The third-order valence-electron chi connectivity index (χ3n) is 2.42. The SMILES string of the molecule is COCC(O)CCNc1cc(N)nc(C(C)C)n1. The van der Waals surface area contributed by atoms with E-state index in [4.69, 9.17) is 10.5 Å². The van der Waals surface area contributed by atoms with E-state index in [2.05, 4.69) is 15.3 Å². The number of aliphatic hydroxyl groups excluding tert-OH is 1. The highest BCUT2D eigenvalue weighted by atomic mass is 16.5. The second-order valence-corrected chi connectivity index (χ2v) is 4.52. The second kappa shape index (κ2) is 7.13. The first-order valence-corrected chi connectivity index (χ1v) is 6.08. The molecule has 0 aliphatic carbocycles. The fraction of sp³-hybridized carbons (Fsp3) is 0.667. The van der Waals surface area contributed by atoms with E-state index in [1.807, 2.05) is 13.8 Å². The van der Waals surface area contributed by atoms with Crippen LogP contribution in [0.15, 0.2) is 6.07 Å². The van der Waals surface area contributed by atoms with E-state index in [9.17, 15) is 5.11 Å². The number of rotatable bonds is 7. The number of ether oxygens (including phenoxy) is 1. The van der Waals surface area contributed by atoms with Crippen molar-refractivity contribution in [2.24, 2.45) is 0 Å². The maximum absolute atomic E-state index is 9.50. The number of nitrogen functional groups attached to an aromatic ring is 1. The normalized spacial score (nSPS) is 12.7. The molecule has 1 unspecified atom stereocenters. The Hall–Kier alpha value is -1.40. The average Bonchev–Trinajstić information content (AvgIpc) is 2.28. The number of methoxy groups -OCH3 is 1. The van der Waals surface area contributed by atoms with Gasteiger partial charge in [0, 0.05) is 25.6 Å². The Labute approximate surface area is 108 Å². The van der Waals surface area contributed by atoms with Crippen molar-refractivity contribution < 1.29 is 9.84 Å². The highest BCUT2D eigenvalue weighted by Crippen LogP contribution is 2.14. The summed E-state index contributed by atoms with van der Waals surface area (Å²) in [6.45, 7) is 4.98. The van der Waals surface area contributed by atoms with Gasteiger partial charge in [-0.25, -0.2) is 9.97 Å². The molecule has 0 saturated heterocycles. The predicted octanol–water partition coefficient (Wildman–Crippen LogP) is 0.991. The summed E-state index contributed by atoms with van der Waals surface area (Å²) >= 11 is 0. The van der Waals surface area contributed by atoms with Gasteiger partial charge in [-0.3, -0.25) is 0 Å². The summed E-state index contributed by atoms with van der Waals surface area (Å²) in [4.78, 5) is 8.52. The van der Waals surface area contributed by atoms with Crippen LogP contribution in [0.25, 0.3) is 0 Å². The molecule has 0 radical (unpaired) electrons. The fourth-order valence-corrected chi connectivity index (χ4v) is 1.48. The average molecular weight is 254 g/mol. The molecule has 0 saturated carbocycles. The van der Waals surface area contributed by atoms with E-state index < -0.39 is 6.10 Å². The number of hydrogen-bond acceptors (Lipinski definition) is 6. The number of aliphatic hydroxyl groups is 1. The van der Waals surface area contributed by atoms with Gasteiger partial charge in [0.15, 0.2) is 0 Å². The molecule has 18 heavy (non-hydrogen) atoms. The van der Waals surface area contributed by atoms with Crippen LogP contribution >= 0.6 is 0 Å². The summed E-state index contributed by atoms with van der Waals surface area (Å²) in [5.41, 5.74) is 5.72. The van der Waals surface area contributed by atoms with Crippen LogP contribution in [-0.4, -0.2) is 41.4 Å². The highest BCUT2D eigenvalue weighted by Gasteiger charge is 2.07. The molecular weight excluding hydrogens is 232 g/mol. The van der Waals surface area contributed by atoms with Gasteiger partial charge in [-0.2, -0.15) is 0 Å². The van der Waals surface area contributed by atoms with Crippen molar-refractivity contribution >= 4 is 11.6 Å². The lowest BCUT2D eigenvalue weighted by Gasteiger charge is -2.12. The summed E-state index contributed by atoms with van der Waals surface area (Å²) in [5.74, 6) is 2.09. The molecule has 102 valence electrons. The summed E-state index contributed by atoms with van der Waals surface area (Å²) in [6.07, 6.45) is 0.126. The van der Waals surface area contributed by atoms with Gasteiger partial charge in [0.2, 0.25) is 0 Å². The van der Waals surface area contributed by atoms with Crippen LogP contribution in [-0.2, 0) is 4.74 Å². The lowest BCUT2D eigenvalue weighted by molar-refractivity contribution is 0.0615. The van der Waals surface area contributed by atoms with E-state index in [-0.39, 0.29) is 5.92 Å². The number of nitrogens with zero attached hydrogens (tertiary/aromatic N) is 2. The fourth-order valence-electron chi connectivity index (χ4n) is 1.48. The molecule has 0 fully saturated rings. The Kier molecular flexibility index (Phi) is 5.80. The minimum absolute atomic E-state index is 0.230. The first-order valence-electron chi connectivity index (χ1n) is 6.08. The lowest BCUT2D eigenvalue weighted by atomic mass is 10.2. The largest absolute Gasteiger partial charge is 0.391 e. The van der Waals surface area contributed by atoms with Gasteiger partial charge in [-0.05, 0) is 6.42 Å². The lowest BCUT2D eigenvalue weighted by Crippen LogP contribution is -2.19. The van der Waals surface area contributed by atoms with Crippen molar-refractivity contribution in [1.82, 2.24) is 9.97 Å². The molecule has 0 aliphatic rings. The van der Waals surface area contributed by atoms with Crippen LogP contribution in [0, 0.1) is 0 Å². The molecule has 6 nitrogen and oxygen atoms in total. The number of nitrogens with two attached hydrogens (primary N) is 1. The van der Waals surface area contributed by atoms with Crippen molar-refractivity contribution in [3.63, 3.8) is 0 Å². The summed E-state index contributed by atoms with van der Waals surface area (Å²) < 4.78 is 4.85. The van der Waals surface area contributed by atoms with Gasteiger partial charge in [-0.1, -0.05) is 13.8 Å². The van der Waals surface area contributed by atoms with Crippen LogP contribution in [0.5, 0.6) is 0 Å². The van der Waals surface area contributed by atoms with E-state index in [1.54, 1.807) is 13.2 Å². The topological polar surface area (TPSA) is 93.3 Å². The maximum atomic E-state index is 9.50. The highest BCUT2D eigenvalue weighted by molar-refractivity contribution is 5.44. The first-order chi connectivity index (χ1) is 8.52.